The second-order valence-electron chi connectivity index (χ2n) is 9.41. The third kappa shape index (κ3) is 8.71. The van der Waals surface area contributed by atoms with E-state index in [1.807, 2.05) is 24.3 Å². The van der Waals surface area contributed by atoms with Crippen LogP contribution in [-0.4, -0.2) is 55.5 Å². The summed E-state index contributed by atoms with van der Waals surface area (Å²) in [6.45, 7) is 0.988. The molecule has 1 unspecified atom stereocenters. The van der Waals surface area contributed by atoms with Crippen molar-refractivity contribution in [3.63, 3.8) is 0 Å². The lowest BCUT2D eigenvalue weighted by Crippen LogP contribution is -2.32. The molecule has 0 heterocycles. The maximum atomic E-state index is 12.6. The van der Waals surface area contributed by atoms with Crippen molar-refractivity contribution in [2.75, 3.05) is 24.4 Å². The summed E-state index contributed by atoms with van der Waals surface area (Å²) in [6.07, 6.45) is -0.119. The highest BCUT2D eigenvalue weighted by Crippen LogP contribution is 2.30. The number of aliphatic hydroxyl groups is 1. The smallest absolute Gasteiger partial charge is 0.336 e. The number of rotatable bonds is 15. The molecule has 10 nitrogen and oxygen atoms in total. The van der Waals surface area contributed by atoms with Gasteiger partial charge in [-0.05, 0) is 61.0 Å². The lowest BCUT2D eigenvalue weighted by atomic mass is 10.1. The Bertz CT molecular complexity index is 1580. The summed E-state index contributed by atoms with van der Waals surface area (Å²) in [6, 6.07) is 26.2. The van der Waals surface area contributed by atoms with E-state index >= 15 is 0 Å². The molecule has 0 spiro atoms. The lowest BCUT2D eigenvalue weighted by molar-refractivity contribution is 0.0694. The van der Waals surface area contributed by atoms with E-state index in [0.717, 1.165) is 5.56 Å². The zero-order valence-electron chi connectivity index (χ0n) is 22.6. The molecule has 0 aliphatic rings. The van der Waals surface area contributed by atoms with Crippen molar-refractivity contribution in [1.82, 2.24) is 5.32 Å². The first kappa shape index (κ1) is 30.4. The molecule has 0 aliphatic heterocycles. The average molecular weight is 593 g/mol. The highest BCUT2D eigenvalue weighted by atomic mass is 32.2. The van der Waals surface area contributed by atoms with Crippen LogP contribution < -0.4 is 19.5 Å². The monoisotopic (exact) mass is 592 g/mol. The molecule has 0 amide bonds. The molecule has 11 heteroatoms. The molecule has 1 atom stereocenters. The maximum absolute atomic E-state index is 12.6. The van der Waals surface area contributed by atoms with Gasteiger partial charge in [-0.2, -0.15) is 0 Å². The number of benzene rings is 4. The third-order valence-corrected chi connectivity index (χ3v) is 7.63. The summed E-state index contributed by atoms with van der Waals surface area (Å²) in [4.78, 5) is 11.4. The van der Waals surface area contributed by atoms with Crippen molar-refractivity contribution in [2.24, 2.45) is 0 Å². The highest BCUT2D eigenvalue weighted by Gasteiger charge is 2.17. The van der Waals surface area contributed by atoms with Gasteiger partial charge in [0.15, 0.2) is 0 Å². The minimum atomic E-state index is -3.89. The summed E-state index contributed by atoms with van der Waals surface area (Å²) in [5.41, 5.74) is 1.83. The van der Waals surface area contributed by atoms with Gasteiger partial charge in [0.1, 0.15) is 36.6 Å². The van der Waals surface area contributed by atoms with E-state index in [1.54, 1.807) is 42.5 Å². The molecule has 220 valence electrons. The first-order valence-corrected chi connectivity index (χ1v) is 14.6. The van der Waals surface area contributed by atoms with Gasteiger partial charge in [-0.15, -0.1) is 0 Å². The van der Waals surface area contributed by atoms with E-state index in [9.17, 15) is 28.5 Å². The van der Waals surface area contributed by atoms with E-state index in [0.29, 0.717) is 24.3 Å². The summed E-state index contributed by atoms with van der Waals surface area (Å²) in [5, 5.41) is 32.9. The number of sulfonamides is 1. The minimum Gasteiger partial charge on any atom is -0.506 e. The van der Waals surface area contributed by atoms with Crippen LogP contribution in [0.15, 0.2) is 102 Å². The van der Waals surface area contributed by atoms with Gasteiger partial charge in [-0.25, -0.2) is 13.2 Å². The first-order valence-electron chi connectivity index (χ1n) is 13.2. The fraction of sp³-hybridized carbons (Fsp3) is 0.194. The number of phenolic OH excluding ortho intramolecular Hbond substituents is 1. The molecule has 42 heavy (non-hydrogen) atoms. The van der Waals surface area contributed by atoms with Crippen molar-refractivity contribution >= 4 is 21.7 Å². The molecule has 0 aliphatic carbocycles. The van der Waals surface area contributed by atoms with Crippen molar-refractivity contribution in [3.8, 4) is 17.2 Å². The minimum absolute atomic E-state index is 0.0366. The maximum Gasteiger partial charge on any atom is 0.336 e. The molecule has 4 aromatic rings. The van der Waals surface area contributed by atoms with Crippen LogP contribution in [0.3, 0.4) is 0 Å². The largest absolute Gasteiger partial charge is 0.506 e. The number of hydrogen-bond donors (Lipinski definition) is 5. The Morgan fingerprint density at radius 2 is 1.55 bits per heavy atom. The lowest BCUT2D eigenvalue weighted by Gasteiger charge is -2.15. The quantitative estimate of drug-likeness (QED) is 0.102. The SMILES string of the molecule is O=C(O)c1ccccc1COc1ccc(CCNCC(O)COc2ccc(O)c(NS(=O)(=O)c3ccccc3)c2)cc1. The van der Waals surface area contributed by atoms with Crippen LogP contribution in [-0.2, 0) is 23.1 Å². The van der Waals surface area contributed by atoms with Crippen LogP contribution in [0.2, 0.25) is 0 Å². The van der Waals surface area contributed by atoms with Crippen molar-refractivity contribution in [1.29, 1.82) is 0 Å². The molecular formula is C31H32N2O8S. The average Bonchev–Trinajstić information content (AvgIpc) is 2.99. The molecule has 5 N–H and O–H groups in total. The van der Waals surface area contributed by atoms with Crippen LogP contribution in [0.5, 0.6) is 17.2 Å². The first-order chi connectivity index (χ1) is 20.2. The van der Waals surface area contributed by atoms with E-state index < -0.39 is 22.1 Å². The molecule has 4 rings (SSSR count). The predicted octanol–water partition coefficient (Wildman–Crippen LogP) is 4.04. The number of aliphatic hydroxyl groups excluding tert-OH is 1. The molecule has 0 saturated carbocycles. The Labute approximate surface area is 244 Å². The Morgan fingerprint density at radius 1 is 0.857 bits per heavy atom. The van der Waals surface area contributed by atoms with Crippen molar-refractivity contribution < 1.29 is 38.0 Å². The topological polar surface area (TPSA) is 154 Å². The van der Waals surface area contributed by atoms with Crippen LogP contribution in [0, 0.1) is 0 Å². The Balaban J connectivity index is 1.18. The van der Waals surface area contributed by atoms with Gasteiger partial charge in [0.2, 0.25) is 0 Å². The van der Waals surface area contributed by atoms with E-state index in [-0.39, 0.29) is 47.4 Å². The van der Waals surface area contributed by atoms with Gasteiger partial charge in [0.25, 0.3) is 10.0 Å². The zero-order valence-corrected chi connectivity index (χ0v) is 23.5. The number of phenols is 1. The number of aromatic carboxylic acids is 1. The molecule has 0 saturated heterocycles. The van der Waals surface area contributed by atoms with Gasteiger partial charge >= 0.3 is 5.97 Å². The Morgan fingerprint density at radius 3 is 2.29 bits per heavy atom. The number of carboxylic acids is 1. The van der Waals surface area contributed by atoms with Crippen LogP contribution in [0.4, 0.5) is 5.69 Å². The second-order valence-corrected chi connectivity index (χ2v) is 11.1. The second kappa shape index (κ2) is 14.4. The number of anilines is 1. The van der Waals surface area contributed by atoms with Gasteiger partial charge in [0.05, 0.1) is 16.1 Å². The van der Waals surface area contributed by atoms with Gasteiger partial charge in [-0.3, -0.25) is 4.72 Å². The standard InChI is InChI=1S/C31H32N2O8S/c34-24(21-41-26-14-15-30(35)29(18-26)33-42(38,39)27-7-2-1-3-8-27)19-32-17-16-22-10-12-25(13-11-22)40-20-23-6-4-5-9-28(23)31(36)37/h1-15,18,24,32-35H,16-17,19-21H2,(H,36,37). The summed E-state index contributed by atoms with van der Waals surface area (Å²) in [5.74, 6) is -0.337. The normalized spacial score (nSPS) is 11.9. The fourth-order valence-electron chi connectivity index (χ4n) is 4.01. The zero-order chi connectivity index (χ0) is 30.0. The number of carboxylic acid groups (broad SMARTS) is 1. The fourth-order valence-corrected chi connectivity index (χ4v) is 5.10. The van der Waals surface area contributed by atoms with Crippen molar-refractivity contribution in [3.05, 3.63) is 114 Å². The molecular weight excluding hydrogens is 560 g/mol. The van der Waals surface area contributed by atoms with E-state index in [2.05, 4.69) is 10.0 Å². The van der Waals surface area contributed by atoms with E-state index in [4.69, 9.17) is 9.47 Å². The molecule has 0 aromatic heterocycles. The van der Waals surface area contributed by atoms with Crippen LogP contribution in [0.25, 0.3) is 0 Å². The highest BCUT2D eigenvalue weighted by molar-refractivity contribution is 7.92. The van der Waals surface area contributed by atoms with Crippen LogP contribution in [0.1, 0.15) is 21.5 Å². The van der Waals surface area contributed by atoms with Crippen molar-refractivity contribution in [2.45, 2.75) is 24.0 Å². The number of aromatic hydroxyl groups is 1. The summed E-state index contributed by atoms with van der Waals surface area (Å²) < 4.78 is 38.9. The van der Waals surface area contributed by atoms with Gasteiger partial charge < -0.3 is 30.1 Å². The predicted molar refractivity (Wildman–Crippen MR) is 158 cm³/mol. The number of hydrogen-bond acceptors (Lipinski definition) is 8. The Hall–Kier alpha value is -4.58. The summed E-state index contributed by atoms with van der Waals surface area (Å²) in [7, 11) is -3.89. The van der Waals surface area contributed by atoms with E-state index in [1.165, 1.54) is 30.3 Å². The molecule has 0 fully saturated rings. The third-order valence-electron chi connectivity index (χ3n) is 6.24. The van der Waals surface area contributed by atoms with Gasteiger partial charge in [-0.1, -0.05) is 48.5 Å². The number of nitrogens with one attached hydrogen (secondary N) is 2. The Kier molecular flexibility index (Phi) is 10.4. The van der Waals surface area contributed by atoms with Crippen LogP contribution >= 0.6 is 0 Å². The number of ether oxygens (including phenoxy) is 2. The number of carbonyl (C=O) groups is 1. The molecule has 4 aromatic carbocycles. The summed E-state index contributed by atoms with van der Waals surface area (Å²) >= 11 is 0. The molecule has 0 bridgehead atoms. The van der Waals surface area contributed by atoms with Gasteiger partial charge in [0, 0.05) is 18.2 Å². The molecule has 0 radical (unpaired) electrons.